The van der Waals surface area contributed by atoms with E-state index in [0.29, 0.717) is 15.8 Å². The first-order valence-corrected chi connectivity index (χ1v) is 13.8. The van der Waals surface area contributed by atoms with Crippen molar-refractivity contribution in [1.82, 2.24) is 14.6 Å². The number of H-pyrrole nitrogens is 1. The quantitative estimate of drug-likeness (QED) is 0.288. The first kappa shape index (κ1) is 22.9. The van der Waals surface area contributed by atoms with Crippen LogP contribution in [0.1, 0.15) is 18.4 Å². The molecule has 4 aromatic rings. The minimum absolute atomic E-state index is 0.323. The van der Waals surface area contributed by atoms with Gasteiger partial charge in [-0.3, -0.25) is 4.90 Å². The van der Waals surface area contributed by atoms with Crippen LogP contribution in [0.25, 0.3) is 26.6 Å². The summed E-state index contributed by atoms with van der Waals surface area (Å²) in [5, 5.41) is 3.34. The lowest BCUT2D eigenvalue weighted by molar-refractivity contribution is 0.298. The third kappa shape index (κ3) is 4.99. The van der Waals surface area contributed by atoms with Gasteiger partial charge >= 0.3 is 0 Å². The predicted molar refractivity (Wildman–Crippen MR) is 139 cm³/mol. The molecule has 0 aliphatic carbocycles. The van der Waals surface area contributed by atoms with E-state index >= 15 is 0 Å². The summed E-state index contributed by atoms with van der Waals surface area (Å²) >= 11 is 13.5. The van der Waals surface area contributed by atoms with Gasteiger partial charge in [0.05, 0.1) is 0 Å². The highest BCUT2D eigenvalue weighted by atomic mass is 35.5. The van der Waals surface area contributed by atoms with Gasteiger partial charge in [-0.05, 0) is 72.8 Å². The van der Waals surface area contributed by atoms with Crippen molar-refractivity contribution < 1.29 is 8.42 Å². The first-order chi connectivity index (χ1) is 15.9. The van der Waals surface area contributed by atoms with E-state index in [1.807, 2.05) is 24.3 Å². The van der Waals surface area contributed by atoms with Crippen molar-refractivity contribution >= 4 is 71.1 Å². The van der Waals surface area contributed by atoms with E-state index in [-0.39, 0.29) is 0 Å². The summed E-state index contributed by atoms with van der Waals surface area (Å²) in [6, 6.07) is 13.0. The highest BCUT2D eigenvalue weighted by Crippen LogP contribution is 2.32. The molecule has 0 radical (unpaired) electrons. The molecule has 1 aliphatic heterocycles. The maximum absolute atomic E-state index is 12.7. The van der Waals surface area contributed by atoms with Crippen molar-refractivity contribution in [1.29, 1.82) is 0 Å². The molecule has 2 N–H and O–H groups in total. The largest absolute Gasteiger partial charge is 0.361 e. The fourth-order valence-electron chi connectivity index (χ4n) is 4.22. The van der Waals surface area contributed by atoms with Crippen LogP contribution in [0.5, 0.6) is 0 Å². The summed E-state index contributed by atoms with van der Waals surface area (Å²) in [7, 11) is -3.52. The molecule has 9 heteroatoms. The molecule has 0 spiro atoms. The van der Waals surface area contributed by atoms with Gasteiger partial charge in [-0.2, -0.15) is 0 Å². The Bertz CT molecular complexity index is 1460. The van der Waals surface area contributed by atoms with Crippen LogP contribution < -0.4 is 4.72 Å². The fourth-order valence-corrected chi connectivity index (χ4v) is 7.07. The van der Waals surface area contributed by atoms with Crippen molar-refractivity contribution in [2.45, 2.75) is 17.1 Å². The minimum Gasteiger partial charge on any atom is -0.361 e. The van der Waals surface area contributed by atoms with Crippen LogP contribution in [-0.4, -0.2) is 44.5 Å². The van der Waals surface area contributed by atoms with Gasteiger partial charge in [0.1, 0.15) is 4.21 Å². The van der Waals surface area contributed by atoms with Gasteiger partial charge in [-0.15, -0.1) is 11.3 Å². The van der Waals surface area contributed by atoms with Crippen molar-refractivity contribution in [3.63, 3.8) is 0 Å². The van der Waals surface area contributed by atoms with Crippen molar-refractivity contribution in [3.8, 4) is 0 Å². The molecule has 0 saturated heterocycles. The molecule has 1 aliphatic rings. The van der Waals surface area contributed by atoms with Crippen LogP contribution in [0.2, 0.25) is 10.0 Å². The number of hydrogen-bond acceptors (Lipinski definition) is 4. The Morgan fingerprint density at radius 3 is 2.73 bits per heavy atom. The van der Waals surface area contributed by atoms with E-state index in [1.54, 1.807) is 18.2 Å². The van der Waals surface area contributed by atoms with Crippen molar-refractivity contribution in [2.75, 3.05) is 26.2 Å². The summed E-state index contributed by atoms with van der Waals surface area (Å²) in [6.45, 7) is 3.05. The maximum Gasteiger partial charge on any atom is 0.250 e. The zero-order chi connectivity index (χ0) is 23.0. The standard InChI is InChI=1S/C24H23Cl2N3O2S2/c25-18-3-5-23-17(12-18)13-24(32-23)33(30,31)28-8-1-9-29-10-6-16(7-11-29)21-15-27-22-4-2-19(26)14-20(21)22/h2-6,12-15,27-28H,1,7-11H2. The number of rotatable bonds is 7. The number of sulfonamides is 1. The average molecular weight is 521 g/mol. The van der Waals surface area contributed by atoms with E-state index in [0.717, 1.165) is 58.5 Å². The number of aromatic nitrogens is 1. The minimum atomic E-state index is -3.52. The number of thiophene rings is 1. The van der Waals surface area contributed by atoms with Gasteiger partial charge < -0.3 is 4.98 Å². The molecule has 0 fully saturated rings. The lowest BCUT2D eigenvalue weighted by Gasteiger charge is -2.26. The lowest BCUT2D eigenvalue weighted by atomic mass is 9.99. The predicted octanol–water partition coefficient (Wildman–Crippen LogP) is 6.15. The van der Waals surface area contributed by atoms with Gasteiger partial charge in [0.25, 0.3) is 0 Å². The van der Waals surface area contributed by atoms with Crippen LogP contribution in [0.3, 0.4) is 0 Å². The molecule has 2 aromatic carbocycles. The Morgan fingerprint density at radius 1 is 1.09 bits per heavy atom. The number of fused-ring (bicyclic) bond motifs is 2. The molecule has 3 heterocycles. The normalized spacial score (nSPS) is 15.4. The zero-order valence-corrected chi connectivity index (χ0v) is 20.9. The van der Waals surface area contributed by atoms with Crippen LogP contribution in [0.4, 0.5) is 0 Å². The van der Waals surface area contributed by atoms with Crippen LogP contribution in [0.15, 0.2) is 58.9 Å². The second-order valence-electron chi connectivity index (χ2n) is 8.17. The average Bonchev–Trinajstić information content (AvgIpc) is 3.41. The van der Waals surface area contributed by atoms with Gasteiger partial charge in [0, 0.05) is 57.0 Å². The zero-order valence-electron chi connectivity index (χ0n) is 17.8. The fraction of sp³-hybridized carbons (Fsp3) is 0.250. The van der Waals surface area contributed by atoms with Crippen LogP contribution >= 0.6 is 34.5 Å². The third-order valence-corrected chi connectivity index (χ3v) is 9.47. The first-order valence-electron chi connectivity index (χ1n) is 10.8. The molecule has 5 rings (SSSR count). The van der Waals surface area contributed by atoms with Gasteiger partial charge in [-0.25, -0.2) is 13.1 Å². The second kappa shape index (κ2) is 9.41. The molecule has 33 heavy (non-hydrogen) atoms. The maximum atomic E-state index is 12.7. The Kier molecular flexibility index (Phi) is 6.53. The SMILES string of the molecule is O=S(=O)(NCCCN1CC=C(c2c[nH]c3ccc(Cl)cc23)CC1)c1cc2cc(Cl)ccc2s1. The van der Waals surface area contributed by atoms with E-state index in [1.165, 1.54) is 22.5 Å². The number of hydrogen-bond donors (Lipinski definition) is 2. The number of aromatic amines is 1. The van der Waals surface area contributed by atoms with E-state index in [2.05, 4.69) is 26.9 Å². The van der Waals surface area contributed by atoms with Crippen molar-refractivity contribution in [3.05, 3.63) is 70.3 Å². The smallest absolute Gasteiger partial charge is 0.250 e. The molecule has 0 atom stereocenters. The molecule has 0 unspecified atom stereocenters. The molecule has 172 valence electrons. The highest BCUT2D eigenvalue weighted by Gasteiger charge is 2.19. The summed E-state index contributed by atoms with van der Waals surface area (Å²) in [6.07, 6.45) is 6.02. The molecule has 0 saturated carbocycles. The monoisotopic (exact) mass is 519 g/mol. The summed E-state index contributed by atoms with van der Waals surface area (Å²) < 4.78 is 29.3. The number of benzene rings is 2. The van der Waals surface area contributed by atoms with E-state index in [4.69, 9.17) is 23.2 Å². The molecule has 0 bridgehead atoms. The summed E-state index contributed by atoms with van der Waals surface area (Å²) in [5.41, 5.74) is 3.63. The number of nitrogens with zero attached hydrogens (tertiary/aromatic N) is 1. The van der Waals surface area contributed by atoms with Gasteiger partial charge in [0.2, 0.25) is 10.0 Å². The van der Waals surface area contributed by atoms with E-state index in [9.17, 15) is 8.42 Å². The number of halogens is 2. The molecule has 2 aromatic heterocycles. The highest BCUT2D eigenvalue weighted by molar-refractivity contribution is 7.91. The summed E-state index contributed by atoms with van der Waals surface area (Å²) in [4.78, 5) is 5.67. The van der Waals surface area contributed by atoms with E-state index < -0.39 is 10.0 Å². The van der Waals surface area contributed by atoms with Gasteiger partial charge in [-0.1, -0.05) is 29.3 Å². The van der Waals surface area contributed by atoms with Crippen LogP contribution in [0, 0.1) is 0 Å². The third-order valence-electron chi connectivity index (χ3n) is 5.95. The Hall–Kier alpha value is -1.87. The summed E-state index contributed by atoms with van der Waals surface area (Å²) in [5.74, 6) is 0. The lowest BCUT2D eigenvalue weighted by Crippen LogP contribution is -2.32. The van der Waals surface area contributed by atoms with Crippen LogP contribution in [-0.2, 0) is 10.0 Å². The van der Waals surface area contributed by atoms with Gasteiger partial charge in [0.15, 0.2) is 0 Å². The second-order valence-corrected chi connectivity index (χ2v) is 12.1. The molecular formula is C24H23Cl2N3O2S2. The molecule has 0 amide bonds. The Morgan fingerprint density at radius 2 is 1.91 bits per heavy atom. The van der Waals surface area contributed by atoms with Crippen molar-refractivity contribution in [2.24, 2.45) is 0 Å². The Balaban J connectivity index is 1.15. The topological polar surface area (TPSA) is 65.2 Å². The number of nitrogens with one attached hydrogen (secondary N) is 2. The Labute approximate surface area is 207 Å². The molecular weight excluding hydrogens is 497 g/mol. The molecule has 5 nitrogen and oxygen atoms in total.